The Balaban J connectivity index is 1.96. The topological polar surface area (TPSA) is 71.3 Å². The summed E-state index contributed by atoms with van der Waals surface area (Å²) in [5, 5.41) is 0.931. The molecule has 0 saturated heterocycles. The zero-order chi connectivity index (χ0) is 16.1. The Bertz CT molecular complexity index is 674. The van der Waals surface area contributed by atoms with Gasteiger partial charge in [-0.3, -0.25) is 20.4 Å². The maximum atomic E-state index is 11.9. The molecule has 1 aromatic carbocycles. The summed E-state index contributed by atoms with van der Waals surface area (Å²) < 4.78 is 5.50. The smallest absolute Gasteiger partial charge is 0.242 e. The van der Waals surface area contributed by atoms with Gasteiger partial charge in [0.05, 0.1) is 12.7 Å². The molecule has 0 unspecified atom stereocenters. The summed E-state index contributed by atoms with van der Waals surface area (Å²) in [6.45, 7) is 5.98. The third kappa shape index (κ3) is 4.10. The minimum Gasteiger partial charge on any atom is -0.464 e. The highest BCUT2D eigenvalue weighted by molar-refractivity contribution is 5.89. The summed E-state index contributed by atoms with van der Waals surface area (Å²) in [6.07, 6.45) is 3.09. The van der Waals surface area contributed by atoms with Gasteiger partial charge in [-0.1, -0.05) is 32.9 Å². The van der Waals surface area contributed by atoms with Crippen molar-refractivity contribution in [2.45, 2.75) is 40.0 Å². The van der Waals surface area contributed by atoms with Crippen molar-refractivity contribution in [3.05, 3.63) is 35.6 Å². The van der Waals surface area contributed by atoms with Crippen molar-refractivity contribution < 1.29 is 14.0 Å². The zero-order valence-corrected chi connectivity index (χ0v) is 13.2. The van der Waals surface area contributed by atoms with Crippen molar-refractivity contribution >= 4 is 22.8 Å². The van der Waals surface area contributed by atoms with Gasteiger partial charge in [0.25, 0.3) is 0 Å². The summed E-state index contributed by atoms with van der Waals surface area (Å²) >= 11 is 0. The van der Waals surface area contributed by atoms with Gasteiger partial charge in [0, 0.05) is 17.4 Å². The normalized spacial score (nSPS) is 10.9. The van der Waals surface area contributed by atoms with E-state index in [1.165, 1.54) is 5.56 Å². The fraction of sp³-hybridized carbons (Fsp3) is 0.412. The van der Waals surface area contributed by atoms with E-state index < -0.39 is 0 Å². The van der Waals surface area contributed by atoms with Gasteiger partial charge in [0.2, 0.25) is 11.8 Å². The number of fused-ring (bicyclic) bond motifs is 1. The van der Waals surface area contributed by atoms with Gasteiger partial charge in [-0.15, -0.1) is 0 Å². The molecule has 1 heterocycles. The van der Waals surface area contributed by atoms with E-state index in [1.807, 2.05) is 32.0 Å². The Morgan fingerprint density at radius 1 is 1.18 bits per heavy atom. The lowest BCUT2D eigenvalue weighted by Gasteiger charge is -2.08. The number of furan rings is 1. The summed E-state index contributed by atoms with van der Waals surface area (Å²) in [5.74, 6) is -0.199. The number of amides is 2. The van der Waals surface area contributed by atoms with Crippen molar-refractivity contribution in [2.24, 2.45) is 5.92 Å². The Morgan fingerprint density at radius 3 is 2.59 bits per heavy atom. The number of nitrogens with one attached hydrogen (secondary N) is 2. The van der Waals surface area contributed by atoms with Crippen molar-refractivity contribution in [2.75, 3.05) is 0 Å². The first-order valence-corrected chi connectivity index (χ1v) is 7.56. The monoisotopic (exact) mass is 302 g/mol. The molecule has 0 atom stereocenters. The molecule has 0 aliphatic heterocycles. The third-order valence-electron chi connectivity index (χ3n) is 3.41. The van der Waals surface area contributed by atoms with Gasteiger partial charge in [-0.05, 0) is 24.0 Å². The predicted molar refractivity (Wildman–Crippen MR) is 85.0 cm³/mol. The average Bonchev–Trinajstić information content (AvgIpc) is 2.86. The quantitative estimate of drug-likeness (QED) is 0.834. The molecule has 2 aromatic rings. The summed E-state index contributed by atoms with van der Waals surface area (Å²) in [7, 11) is 0. The van der Waals surface area contributed by atoms with Crippen molar-refractivity contribution in [3.63, 3.8) is 0 Å². The molecular formula is C17H22N2O3. The van der Waals surface area contributed by atoms with Crippen LogP contribution in [0.1, 0.15) is 38.3 Å². The minimum absolute atomic E-state index is 0.167. The molecular weight excluding hydrogens is 280 g/mol. The maximum Gasteiger partial charge on any atom is 0.242 e. The molecule has 0 bridgehead atoms. The lowest BCUT2D eigenvalue weighted by molar-refractivity contribution is -0.129. The first-order chi connectivity index (χ1) is 10.5. The second-order valence-corrected chi connectivity index (χ2v) is 5.82. The summed E-state index contributed by atoms with van der Waals surface area (Å²) in [4.78, 5) is 23.4. The molecule has 5 nitrogen and oxygen atoms in total. The fourth-order valence-electron chi connectivity index (χ4n) is 2.26. The number of hydrogen-bond donors (Lipinski definition) is 2. The number of aryl methyl sites for hydroxylation is 1. The second kappa shape index (κ2) is 7.11. The van der Waals surface area contributed by atoms with Crippen molar-refractivity contribution in [1.82, 2.24) is 10.9 Å². The van der Waals surface area contributed by atoms with E-state index in [0.717, 1.165) is 23.0 Å². The molecule has 0 fully saturated rings. The van der Waals surface area contributed by atoms with Gasteiger partial charge in [-0.2, -0.15) is 0 Å². The molecule has 0 radical (unpaired) electrons. The highest BCUT2D eigenvalue weighted by Gasteiger charge is 2.12. The maximum absolute atomic E-state index is 11.9. The zero-order valence-electron chi connectivity index (χ0n) is 13.2. The van der Waals surface area contributed by atoms with Crippen LogP contribution in [0.2, 0.25) is 0 Å². The number of benzene rings is 1. The Morgan fingerprint density at radius 2 is 1.91 bits per heavy atom. The number of hydrogen-bond acceptors (Lipinski definition) is 3. The molecule has 2 amide bonds. The first kappa shape index (κ1) is 16.1. The molecule has 0 saturated carbocycles. The van der Waals surface area contributed by atoms with Crippen LogP contribution in [0, 0.1) is 5.92 Å². The van der Waals surface area contributed by atoms with E-state index in [2.05, 4.69) is 17.8 Å². The number of rotatable bonds is 5. The third-order valence-corrected chi connectivity index (χ3v) is 3.41. The van der Waals surface area contributed by atoms with E-state index in [4.69, 9.17) is 4.42 Å². The molecule has 118 valence electrons. The number of carbonyl (C=O) groups is 2. The largest absolute Gasteiger partial charge is 0.464 e. The molecule has 0 aliphatic carbocycles. The highest BCUT2D eigenvalue weighted by Crippen LogP contribution is 2.23. The molecule has 2 N–H and O–H groups in total. The predicted octanol–water partition coefficient (Wildman–Crippen LogP) is 2.73. The Labute approximate surface area is 130 Å². The van der Waals surface area contributed by atoms with Crippen molar-refractivity contribution in [1.29, 1.82) is 0 Å². The second-order valence-electron chi connectivity index (χ2n) is 5.82. The van der Waals surface area contributed by atoms with Crippen LogP contribution in [-0.2, 0) is 22.4 Å². The number of carbonyl (C=O) groups excluding carboxylic acids is 2. The van der Waals surface area contributed by atoms with Crippen LogP contribution in [-0.4, -0.2) is 11.8 Å². The van der Waals surface area contributed by atoms with Crippen molar-refractivity contribution in [3.8, 4) is 0 Å². The van der Waals surface area contributed by atoms with Crippen LogP contribution in [0.5, 0.6) is 0 Å². The van der Waals surface area contributed by atoms with Gasteiger partial charge >= 0.3 is 0 Å². The van der Waals surface area contributed by atoms with E-state index in [1.54, 1.807) is 6.26 Å². The first-order valence-electron chi connectivity index (χ1n) is 7.56. The van der Waals surface area contributed by atoms with Gasteiger partial charge in [-0.25, -0.2) is 0 Å². The molecule has 0 aliphatic rings. The molecule has 2 rings (SSSR count). The fourth-order valence-corrected chi connectivity index (χ4v) is 2.26. The standard InChI is InChI=1S/C17H22N2O3/c1-4-12-5-6-14-13(10-22-15(14)8-12)9-17(21)19-18-16(20)7-11(2)3/h5-6,8,10-11H,4,7,9H2,1-3H3,(H,18,20)(H,19,21). The molecule has 5 heteroatoms. The van der Waals surface area contributed by atoms with Gasteiger partial charge < -0.3 is 4.42 Å². The summed E-state index contributed by atoms with van der Waals surface area (Å²) in [6, 6.07) is 5.99. The Hall–Kier alpha value is -2.30. The van der Waals surface area contributed by atoms with Crippen LogP contribution >= 0.6 is 0 Å². The minimum atomic E-state index is -0.264. The lowest BCUT2D eigenvalue weighted by Crippen LogP contribution is -2.42. The van der Waals surface area contributed by atoms with E-state index in [0.29, 0.717) is 6.42 Å². The van der Waals surface area contributed by atoms with E-state index >= 15 is 0 Å². The summed E-state index contributed by atoms with van der Waals surface area (Å²) in [5.41, 5.74) is 7.65. The molecule has 1 aromatic heterocycles. The number of hydrazine groups is 1. The van der Waals surface area contributed by atoms with E-state index in [9.17, 15) is 9.59 Å². The van der Waals surface area contributed by atoms with Crippen LogP contribution < -0.4 is 10.9 Å². The SMILES string of the molecule is CCc1ccc2c(CC(=O)NNC(=O)CC(C)C)coc2c1. The van der Waals surface area contributed by atoms with Crippen LogP contribution in [0.25, 0.3) is 11.0 Å². The van der Waals surface area contributed by atoms with Crippen LogP contribution in [0.4, 0.5) is 0 Å². The van der Waals surface area contributed by atoms with Gasteiger partial charge in [0.15, 0.2) is 0 Å². The van der Waals surface area contributed by atoms with Crippen LogP contribution in [0.3, 0.4) is 0 Å². The highest BCUT2D eigenvalue weighted by atomic mass is 16.3. The van der Waals surface area contributed by atoms with Gasteiger partial charge in [0.1, 0.15) is 5.58 Å². The van der Waals surface area contributed by atoms with E-state index in [-0.39, 0.29) is 24.2 Å². The van der Waals surface area contributed by atoms with Crippen LogP contribution in [0.15, 0.2) is 28.9 Å². The Kier molecular flexibility index (Phi) is 5.20. The molecule has 22 heavy (non-hydrogen) atoms. The lowest BCUT2D eigenvalue weighted by atomic mass is 10.1. The average molecular weight is 302 g/mol. The molecule has 0 spiro atoms.